The summed E-state index contributed by atoms with van der Waals surface area (Å²) in [6, 6.07) is 10.2. The highest BCUT2D eigenvalue weighted by Gasteiger charge is 1.89. The van der Waals surface area contributed by atoms with Gasteiger partial charge in [0.05, 0.1) is 13.2 Å². The van der Waals surface area contributed by atoms with Crippen LogP contribution in [0.1, 0.15) is 45.1 Å². The van der Waals surface area contributed by atoms with Crippen molar-refractivity contribution in [1.82, 2.24) is 0 Å². The molecule has 0 saturated carbocycles. The van der Waals surface area contributed by atoms with Gasteiger partial charge in [0.25, 0.3) is 0 Å². The van der Waals surface area contributed by atoms with E-state index in [1.165, 1.54) is 30.4 Å². The van der Waals surface area contributed by atoms with Crippen molar-refractivity contribution in [3.8, 4) is 0 Å². The molecule has 0 fully saturated rings. The molecule has 1 heteroatoms. The van der Waals surface area contributed by atoms with Gasteiger partial charge in [0.1, 0.15) is 0 Å². The lowest BCUT2D eigenvalue weighted by Crippen LogP contribution is -1.92. The molecule has 0 N–H and O–H groups in total. The molecule has 0 aliphatic carbocycles. The van der Waals surface area contributed by atoms with Crippen LogP contribution in [-0.2, 0) is 11.3 Å². The smallest absolute Gasteiger partial charge is 0.0721 e. The summed E-state index contributed by atoms with van der Waals surface area (Å²) in [6.07, 6.45) is 11.2. The zero-order valence-electron chi connectivity index (χ0n) is 12.8. The maximum atomic E-state index is 5.62. The molecule has 0 atom stereocenters. The van der Waals surface area contributed by atoms with Crippen molar-refractivity contribution in [3.63, 3.8) is 0 Å². The van der Waals surface area contributed by atoms with Crippen molar-refractivity contribution in [2.24, 2.45) is 0 Å². The van der Waals surface area contributed by atoms with Gasteiger partial charge < -0.3 is 4.74 Å². The Kier molecular flexibility index (Phi) is 9.30. The number of hydrogen-bond donors (Lipinski definition) is 0. The van der Waals surface area contributed by atoms with Gasteiger partial charge in [-0.1, -0.05) is 56.2 Å². The molecule has 0 aromatic heterocycles. The highest BCUT2D eigenvalue weighted by Crippen LogP contribution is 2.02. The fraction of sp³-hybridized carbons (Fsp3) is 0.421. The van der Waals surface area contributed by atoms with E-state index < -0.39 is 0 Å². The van der Waals surface area contributed by atoms with Crippen molar-refractivity contribution < 1.29 is 4.74 Å². The first-order chi connectivity index (χ1) is 9.83. The topological polar surface area (TPSA) is 9.23 Å². The van der Waals surface area contributed by atoms with Crippen LogP contribution in [0.5, 0.6) is 0 Å². The summed E-state index contributed by atoms with van der Waals surface area (Å²) in [5.41, 5.74) is 5.64. The highest BCUT2D eigenvalue weighted by atomic mass is 16.5. The van der Waals surface area contributed by atoms with Gasteiger partial charge in [-0.25, -0.2) is 0 Å². The number of benzene rings is 1. The van der Waals surface area contributed by atoms with E-state index >= 15 is 0 Å². The Bertz CT molecular complexity index is 436. The highest BCUT2D eigenvalue weighted by molar-refractivity contribution is 5.16. The van der Waals surface area contributed by atoms with E-state index in [4.69, 9.17) is 4.74 Å². The molecule has 1 rings (SSSR count). The molecule has 0 bridgehead atoms. The zero-order chi connectivity index (χ0) is 14.5. The fourth-order valence-electron chi connectivity index (χ4n) is 1.77. The van der Waals surface area contributed by atoms with E-state index in [9.17, 15) is 0 Å². The van der Waals surface area contributed by atoms with Crippen molar-refractivity contribution in [3.05, 3.63) is 65.4 Å². The second-order valence-corrected chi connectivity index (χ2v) is 4.96. The first-order valence-corrected chi connectivity index (χ1v) is 7.52. The fourth-order valence-corrected chi connectivity index (χ4v) is 1.77. The molecule has 1 aromatic rings. The second kappa shape index (κ2) is 11.3. The Morgan fingerprint density at radius 1 is 1.20 bits per heavy atom. The normalized spacial score (nSPS) is 11.0. The molecule has 0 radical (unpaired) electrons. The zero-order valence-corrected chi connectivity index (χ0v) is 12.8. The molecule has 0 aliphatic heterocycles. The minimum absolute atomic E-state index is 0.648. The molecule has 0 amide bonds. The monoisotopic (exact) mass is 270 g/mol. The number of ether oxygens (including phenoxy) is 1. The third-order valence-electron chi connectivity index (χ3n) is 3.02. The molecule has 1 aromatic carbocycles. The maximum absolute atomic E-state index is 5.62. The summed E-state index contributed by atoms with van der Waals surface area (Å²) in [5, 5.41) is 0. The minimum Gasteiger partial charge on any atom is -0.373 e. The largest absolute Gasteiger partial charge is 0.373 e. The van der Waals surface area contributed by atoms with E-state index in [0.717, 1.165) is 6.42 Å². The molecule has 0 aliphatic rings. The van der Waals surface area contributed by atoms with Gasteiger partial charge >= 0.3 is 0 Å². The second-order valence-electron chi connectivity index (χ2n) is 4.96. The number of hydrogen-bond acceptors (Lipinski definition) is 1. The Hall–Kier alpha value is -1.56. The van der Waals surface area contributed by atoms with Gasteiger partial charge in [-0.15, -0.1) is 5.73 Å². The van der Waals surface area contributed by atoms with Crippen LogP contribution in [0, 0.1) is 0 Å². The summed E-state index contributed by atoms with van der Waals surface area (Å²) in [6.45, 7) is 5.62. The van der Waals surface area contributed by atoms with Crippen LogP contribution < -0.4 is 0 Å². The Morgan fingerprint density at radius 3 is 2.75 bits per heavy atom. The summed E-state index contributed by atoms with van der Waals surface area (Å²) in [7, 11) is 0. The van der Waals surface area contributed by atoms with Crippen LogP contribution in [0.4, 0.5) is 0 Å². The molecule has 0 unspecified atom stereocenters. The van der Waals surface area contributed by atoms with Gasteiger partial charge in [-0.3, -0.25) is 0 Å². The summed E-state index contributed by atoms with van der Waals surface area (Å²) < 4.78 is 5.62. The average molecular weight is 270 g/mol. The first-order valence-electron chi connectivity index (χ1n) is 7.52. The van der Waals surface area contributed by atoms with Gasteiger partial charge in [0.15, 0.2) is 0 Å². The average Bonchev–Trinajstić information content (AvgIpc) is 2.48. The lowest BCUT2D eigenvalue weighted by atomic mass is 10.2. The van der Waals surface area contributed by atoms with Crippen LogP contribution in [0.3, 0.4) is 0 Å². The van der Waals surface area contributed by atoms with Gasteiger partial charge in [0, 0.05) is 0 Å². The van der Waals surface area contributed by atoms with Gasteiger partial charge in [-0.05, 0) is 43.1 Å². The van der Waals surface area contributed by atoms with Gasteiger partial charge in [-0.2, -0.15) is 0 Å². The summed E-state index contributed by atoms with van der Waals surface area (Å²) in [4.78, 5) is 0. The number of rotatable bonds is 9. The van der Waals surface area contributed by atoms with Crippen molar-refractivity contribution in [2.45, 2.75) is 46.1 Å². The summed E-state index contributed by atoms with van der Waals surface area (Å²) >= 11 is 0. The lowest BCUT2D eigenvalue weighted by Gasteiger charge is -2.01. The number of allylic oxidation sites excluding steroid dienone is 2. The summed E-state index contributed by atoms with van der Waals surface area (Å²) in [5.74, 6) is 0. The van der Waals surface area contributed by atoms with Crippen LogP contribution in [0.25, 0.3) is 0 Å². The number of unbranched alkanes of at least 4 members (excludes halogenated alkanes) is 3. The third-order valence-corrected chi connectivity index (χ3v) is 3.02. The van der Waals surface area contributed by atoms with E-state index in [1.807, 2.05) is 24.3 Å². The molecule has 1 nitrogen and oxygen atoms in total. The Morgan fingerprint density at radius 2 is 2.00 bits per heavy atom. The van der Waals surface area contributed by atoms with E-state index in [1.54, 1.807) is 0 Å². The first kappa shape index (κ1) is 16.5. The predicted octanol–water partition coefficient (Wildman–Crippen LogP) is 5.44. The predicted molar refractivity (Wildman–Crippen MR) is 86.7 cm³/mol. The maximum Gasteiger partial charge on any atom is 0.0721 e. The molecular formula is C19H26O. The van der Waals surface area contributed by atoms with Crippen LogP contribution >= 0.6 is 0 Å². The minimum atomic E-state index is 0.648. The molecule has 0 saturated heterocycles. The van der Waals surface area contributed by atoms with Crippen molar-refractivity contribution in [2.75, 3.05) is 6.61 Å². The third kappa shape index (κ3) is 8.53. The van der Waals surface area contributed by atoms with E-state index in [2.05, 4.69) is 43.9 Å². The molecular weight excluding hydrogens is 244 g/mol. The lowest BCUT2D eigenvalue weighted by molar-refractivity contribution is 0.148. The van der Waals surface area contributed by atoms with Crippen LogP contribution in [0.15, 0.2) is 59.9 Å². The molecule has 0 spiro atoms. The van der Waals surface area contributed by atoms with Crippen LogP contribution in [0.2, 0.25) is 0 Å². The van der Waals surface area contributed by atoms with Gasteiger partial charge in [0.2, 0.25) is 0 Å². The standard InChI is InChI=1S/C19H26O/c1-3-4-5-6-7-9-12-18(2)15-16-20-17-19-13-10-8-11-14-19/h7-8,10-15H,3-6,16-17H2,1-2H3/b18-15+. The van der Waals surface area contributed by atoms with Crippen molar-refractivity contribution >= 4 is 0 Å². The molecule has 0 heterocycles. The van der Waals surface area contributed by atoms with E-state index in [-0.39, 0.29) is 0 Å². The van der Waals surface area contributed by atoms with Crippen molar-refractivity contribution in [1.29, 1.82) is 0 Å². The van der Waals surface area contributed by atoms with E-state index in [0.29, 0.717) is 13.2 Å². The molecule has 20 heavy (non-hydrogen) atoms. The van der Waals surface area contributed by atoms with Crippen LogP contribution in [-0.4, -0.2) is 6.61 Å². The SMILES string of the molecule is CCCCCC=C=C/C(C)=C/COCc1ccccc1. The quantitative estimate of drug-likeness (QED) is 0.330. The molecule has 108 valence electrons. The Labute approximate surface area is 123 Å². The Balaban J connectivity index is 2.19.